The molecule has 0 radical (unpaired) electrons. The molecule has 1 rings (SSSR count). The number of hydrogen-bond donors (Lipinski definition) is 1. The van der Waals surface area contributed by atoms with Crippen molar-refractivity contribution >= 4 is 22.6 Å². The predicted molar refractivity (Wildman–Crippen MR) is 48.6 cm³/mol. The van der Waals surface area contributed by atoms with Crippen molar-refractivity contribution in [2.45, 2.75) is 12.6 Å². The molecule has 0 saturated carbocycles. The fraction of sp³-hybridized carbons (Fsp3) is 0.286. The molecule has 1 aromatic rings. The van der Waals surface area contributed by atoms with Gasteiger partial charge in [0.1, 0.15) is 11.3 Å². The highest BCUT2D eigenvalue weighted by Gasteiger charge is 2.38. The van der Waals surface area contributed by atoms with Crippen LogP contribution in [0.15, 0.2) is 6.20 Å². The van der Waals surface area contributed by atoms with Crippen molar-refractivity contribution in [3.8, 4) is 5.75 Å². The van der Waals surface area contributed by atoms with Gasteiger partial charge < -0.3 is 5.11 Å². The largest absolute Gasteiger partial charge is 0.505 e. The zero-order valence-corrected chi connectivity index (χ0v) is 8.97. The lowest BCUT2D eigenvalue weighted by Crippen LogP contribution is -2.10. The summed E-state index contributed by atoms with van der Waals surface area (Å²) in [5, 5.41) is 9.01. The molecule has 0 aliphatic rings. The molecule has 1 aromatic heterocycles. The van der Waals surface area contributed by atoms with E-state index in [1.54, 1.807) is 0 Å². The molecule has 0 fully saturated rings. The van der Waals surface area contributed by atoms with Crippen LogP contribution in [-0.4, -0.2) is 10.1 Å². The number of hydrogen-bond acceptors (Lipinski definition) is 2. The van der Waals surface area contributed by atoms with Crippen molar-refractivity contribution in [2.24, 2.45) is 0 Å². The quantitative estimate of drug-likeness (QED) is 0.629. The first-order chi connectivity index (χ1) is 6.75. The van der Waals surface area contributed by atoms with E-state index < -0.39 is 33.2 Å². The highest BCUT2D eigenvalue weighted by molar-refractivity contribution is 14.1. The number of halogens is 6. The second-order valence-corrected chi connectivity index (χ2v) is 3.68. The average Bonchev–Trinajstić information content (AvgIpc) is 2.00. The predicted octanol–water partition coefficient (Wildman–Crippen LogP) is 3.35. The molecule has 0 aliphatic carbocycles. The second kappa shape index (κ2) is 4.06. The number of pyridine rings is 1. The summed E-state index contributed by atoms with van der Waals surface area (Å²) >= 11 is 1.26. The summed E-state index contributed by atoms with van der Waals surface area (Å²) in [7, 11) is 0. The Hall–Kier alpha value is -0.670. The third kappa shape index (κ3) is 2.47. The monoisotopic (exact) mass is 339 g/mol. The Labute approximate surface area is 94.3 Å². The van der Waals surface area contributed by atoms with Crippen LogP contribution < -0.4 is 0 Å². The van der Waals surface area contributed by atoms with Gasteiger partial charge in [-0.2, -0.15) is 13.2 Å². The molecule has 0 unspecified atom stereocenters. The molecule has 0 bridgehead atoms. The minimum atomic E-state index is -4.88. The van der Waals surface area contributed by atoms with Crippen molar-refractivity contribution in [1.82, 2.24) is 4.98 Å². The molecular weight excluding hydrogens is 336 g/mol. The summed E-state index contributed by atoms with van der Waals surface area (Å²) in [6, 6.07) is 0. The fourth-order valence-electron chi connectivity index (χ4n) is 0.922. The molecule has 1 N–H and O–H groups in total. The number of alkyl halides is 5. The topological polar surface area (TPSA) is 33.1 Å². The molecule has 15 heavy (non-hydrogen) atoms. The van der Waals surface area contributed by atoms with Crippen molar-refractivity contribution in [3.05, 3.63) is 21.0 Å². The summed E-state index contributed by atoms with van der Waals surface area (Å²) in [6.07, 6.45) is -7.49. The van der Waals surface area contributed by atoms with Crippen LogP contribution in [-0.2, 0) is 6.18 Å². The Bertz CT molecular complexity index is 378. The lowest BCUT2D eigenvalue weighted by molar-refractivity contribution is -0.139. The summed E-state index contributed by atoms with van der Waals surface area (Å²) in [4.78, 5) is 3.04. The molecule has 0 amide bonds. The summed E-state index contributed by atoms with van der Waals surface area (Å²) in [5.74, 6) is -1.51. The van der Waals surface area contributed by atoms with Crippen LogP contribution in [0.25, 0.3) is 0 Å². The highest BCUT2D eigenvalue weighted by atomic mass is 127. The van der Waals surface area contributed by atoms with Gasteiger partial charge in [0, 0.05) is 9.77 Å². The standard InChI is InChI=1S/C7H3F5INO/c8-6(9)4-5(15)3(7(10,11)12)2(13)1-14-4/h1,6,15H. The van der Waals surface area contributed by atoms with Gasteiger partial charge in [-0.1, -0.05) is 0 Å². The van der Waals surface area contributed by atoms with Crippen LogP contribution in [0.1, 0.15) is 17.7 Å². The third-order valence-electron chi connectivity index (χ3n) is 1.53. The van der Waals surface area contributed by atoms with Gasteiger partial charge in [-0.15, -0.1) is 0 Å². The first-order valence-corrected chi connectivity index (χ1v) is 4.55. The second-order valence-electron chi connectivity index (χ2n) is 2.51. The van der Waals surface area contributed by atoms with Gasteiger partial charge in [0.25, 0.3) is 6.43 Å². The van der Waals surface area contributed by atoms with E-state index in [-0.39, 0.29) is 0 Å². The Morgan fingerprint density at radius 1 is 1.33 bits per heavy atom. The van der Waals surface area contributed by atoms with Gasteiger partial charge in [0.15, 0.2) is 5.75 Å². The van der Waals surface area contributed by atoms with Crippen LogP contribution in [0.5, 0.6) is 5.75 Å². The molecule has 1 heterocycles. The minimum Gasteiger partial charge on any atom is -0.505 e. The molecule has 0 atom stereocenters. The van der Waals surface area contributed by atoms with Gasteiger partial charge in [0.05, 0.1) is 0 Å². The van der Waals surface area contributed by atoms with Crippen molar-refractivity contribution in [2.75, 3.05) is 0 Å². The first kappa shape index (κ1) is 12.4. The average molecular weight is 339 g/mol. The van der Waals surface area contributed by atoms with E-state index in [0.717, 1.165) is 0 Å². The van der Waals surface area contributed by atoms with E-state index in [1.165, 1.54) is 22.6 Å². The zero-order valence-electron chi connectivity index (χ0n) is 6.82. The Morgan fingerprint density at radius 3 is 2.27 bits per heavy atom. The first-order valence-electron chi connectivity index (χ1n) is 3.48. The summed E-state index contributed by atoms with van der Waals surface area (Å²) in [6.45, 7) is 0. The van der Waals surface area contributed by atoms with Crippen LogP contribution in [0, 0.1) is 3.57 Å². The SMILES string of the molecule is Oc1c(C(F)F)ncc(I)c1C(F)(F)F. The van der Waals surface area contributed by atoms with Crippen molar-refractivity contribution in [1.29, 1.82) is 0 Å². The van der Waals surface area contributed by atoms with Crippen LogP contribution in [0.2, 0.25) is 0 Å². The van der Waals surface area contributed by atoms with Gasteiger partial charge >= 0.3 is 6.18 Å². The number of aromatic nitrogens is 1. The lowest BCUT2D eigenvalue weighted by Gasteiger charge is -2.12. The molecule has 0 aromatic carbocycles. The Kier molecular flexibility index (Phi) is 3.36. The van der Waals surface area contributed by atoms with Crippen LogP contribution in [0.4, 0.5) is 22.0 Å². The molecular formula is C7H3F5INO. The van der Waals surface area contributed by atoms with E-state index >= 15 is 0 Å². The summed E-state index contributed by atoms with van der Waals surface area (Å²) in [5.41, 5.74) is -2.74. The molecule has 84 valence electrons. The van der Waals surface area contributed by atoms with Gasteiger partial charge in [0.2, 0.25) is 0 Å². The van der Waals surface area contributed by atoms with Crippen LogP contribution >= 0.6 is 22.6 Å². The highest BCUT2D eigenvalue weighted by Crippen LogP contribution is 2.41. The van der Waals surface area contributed by atoms with Gasteiger partial charge in [-0.05, 0) is 22.6 Å². The number of aromatic hydroxyl groups is 1. The van der Waals surface area contributed by atoms with E-state index in [1.807, 2.05) is 0 Å². The zero-order chi connectivity index (χ0) is 11.8. The molecule has 2 nitrogen and oxygen atoms in total. The molecule has 0 spiro atoms. The lowest BCUT2D eigenvalue weighted by atomic mass is 10.2. The maximum Gasteiger partial charge on any atom is 0.421 e. The van der Waals surface area contributed by atoms with Gasteiger partial charge in [-0.25, -0.2) is 8.78 Å². The minimum absolute atomic E-state index is 0.429. The van der Waals surface area contributed by atoms with Crippen LogP contribution in [0.3, 0.4) is 0 Å². The Morgan fingerprint density at radius 2 is 1.87 bits per heavy atom. The maximum atomic E-state index is 12.3. The Balaban J connectivity index is 3.44. The molecule has 0 aliphatic heterocycles. The fourth-order valence-corrected chi connectivity index (χ4v) is 1.62. The van der Waals surface area contributed by atoms with E-state index in [0.29, 0.717) is 6.20 Å². The van der Waals surface area contributed by atoms with Crippen molar-refractivity contribution in [3.63, 3.8) is 0 Å². The maximum absolute atomic E-state index is 12.3. The normalized spacial score (nSPS) is 12.2. The van der Waals surface area contributed by atoms with E-state index in [2.05, 4.69) is 4.98 Å². The third-order valence-corrected chi connectivity index (χ3v) is 2.34. The molecule has 0 saturated heterocycles. The van der Waals surface area contributed by atoms with Gasteiger partial charge in [-0.3, -0.25) is 4.98 Å². The number of nitrogens with zero attached hydrogens (tertiary/aromatic N) is 1. The van der Waals surface area contributed by atoms with E-state index in [9.17, 15) is 22.0 Å². The van der Waals surface area contributed by atoms with Crippen molar-refractivity contribution < 1.29 is 27.1 Å². The number of rotatable bonds is 1. The van der Waals surface area contributed by atoms with E-state index in [4.69, 9.17) is 5.11 Å². The smallest absolute Gasteiger partial charge is 0.421 e. The summed E-state index contributed by atoms with van der Waals surface area (Å²) < 4.78 is 60.8. The molecule has 8 heteroatoms.